The Labute approximate surface area is 91.9 Å². The summed E-state index contributed by atoms with van der Waals surface area (Å²) in [4.78, 5) is 18.4. The van der Waals surface area contributed by atoms with Crippen LogP contribution in [0.3, 0.4) is 0 Å². The number of aromatic nitrogens is 4. The quantitative estimate of drug-likeness (QED) is 0.667. The fourth-order valence-corrected chi connectivity index (χ4v) is 2.04. The predicted octanol–water partition coefficient (Wildman–Crippen LogP) is 1.33. The smallest absolute Gasteiger partial charge is 0.304 e. The summed E-state index contributed by atoms with van der Waals surface area (Å²) in [6.45, 7) is 0. The van der Waals surface area contributed by atoms with Crippen molar-refractivity contribution in [1.82, 2.24) is 19.6 Å². The summed E-state index contributed by atoms with van der Waals surface area (Å²) in [5.41, 5.74) is 1.01. The Morgan fingerprint density at radius 2 is 2.27 bits per heavy atom. The van der Waals surface area contributed by atoms with Crippen LogP contribution in [0.5, 0.6) is 0 Å². The Kier molecular flexibility index (Phi) is 1.66. The zero-order valence-corrected chi connectivity index (χ0v) is 9.02. The molecule has 0 saturated heterocycles. The van der Waals surface area contributed by atoms with E-state index in [4.69, 9.17) is 0 Å². The molecule has 1 N–H and O–H groups in total. The molecule has 0 atom stereocenters. The Balaban J connectivity index is 2.72. The van der Waals surface area contributed by atoms with E-state index in [1.54, 1.807) is 0 Å². The second kappa shape index (κ2) is 2.90. The summed E-state index contributed by atoms with van der Waals surface area (Å²) >= 11 is 3.38. The zero-order valence-electron chi connectivity index (χ0n) is 7.44. The average Bonchev–Trinajstić information content (AvgIpc) is 2.69. The average molecular weight is 265 g/mol. The van der Waals surface area contributed by atoms with Crippen LogP contribution >= 0.6 is 15.9 Å². The summed E-state index contributed by atoms with van der Waals surface area (Å²) in [5, 5.41) is 4.71. The standard InChI is InChI=1S/C9H5BrN4O/c10-6-3-1-2-5-7(6)13-9(15)14-8(5)11-4-12-14/h1-4H,(H,13,15). The molecular weight excluding hydrogens is 260 g/mol. The van der Waals surface area contributed by atoms with Gasteiger partial charge in [0.05, 0.1) is 5.52 Å². The number of benzene rings is 1. The Hall–Kier alpha value is -1.69. The van der Waals surface area contributed by atoms with Gasteiger partial charge in [-0.3, -0.25) is 0 Å². The number of halogens is 1. The van der Waals surface area contributed by atoms with Crippen LogP contribution in [-0.2, 0) is 0 Å². The van der Waals surface area contributed by atoms with E-state index in [2.05, 4.69) is 31.0 Å². The summed E-state index contributed by atoms with van der Waals surface area (Å²) in [6, 6.07) is 5.64. The van der Waals surface area contributed by atoms with Crippen LogP contribution in [0.25, 0.3) is 16.6 Å². The minimum absolute atomic E-state index is 0.290. The van der Waals surface area contributed by atoms with Gasteiger partial charge in [0, 0.05) is 9.86 Å². The first-order chi connectivity index (χ1) is 7.27. The third kappa shape index (κ3) is 1.11. The monoisotopic (exact) mass is 264 g/mol. The summed E-state index contributed by atoms with van der Waals surface area (Å²) in [6.07, 6.45) is 1.37. The van der Waals surface area contributed by atoms with E-state index < -0.39 is 0 Å². The van der Waals surface area contributed by atoms with E-state index in [1.165, 1.54) is 10.8 Å². The molecule has 15 heavy (non-hydrogen) atoms. The fraction of sp³-hybridized carbons (Fsp3) is 0. The van der Waals surface area contributed by atoms with Gasteiger partial charge in [-0.25, -0.2) is 9.78 Å². The molecule has 2 heterocycles. The van der Waals surface area contributed by atoms with Gasteiger partial charge in [0.2, 0.25) is 0 Å². The van der Waals surface area contributed by atoms with E-state index in [9.17, 15) is 4.79 Å². The lowest BCUT2D eigenvalue weighted by Gasteiger charge is -2.00. The molecule has 0 spiro atoms. The van der Waals surface area contributed by atoms with Crippen LogP contribution < -0.4 is 5.69 Å². The number of rotatable bonds is 0. The molecule has 1 aromatic carbocycles. The SMILES string of the molecule is O=c1[nH]c2c(Br)cccc2c2ncnn12. The Morgan fingerprint density at radius 1 is 1.40 bits per heavy atom. The lowest BCUT2D eigenvalue weighted by atomic mass is 10.2. The van der Waals surface area contributed by atoms with Crippen LogP contribution in [0, 0.1) is 0 Å². The number of hydrogen-bond donors (Lipinski definition) is 1. The molecule has 3 rings (SSSR count). The van der Waals surface area contributed by atoms with Gasteiger partial charge in [-0.05, 0) is 28.1 Å². The topological polar surface area (TPSA) is 63.0 Å². The van der Waals surface area contributed by atoms with Crippen LogP contribution in [0.4, 0.5) is 0 Å². The number of hydrogen-bond acceptors (Lipinski definition) is 3. The highest BCUT2D eigenvalue weighted by atomic mass is 79.9. The number of nitrogens with one attached hydrogen (secondary N) is 1. The molecule has 0 amide bonds. The van der Waals surface area contributed by atoms with Gasteiger partial charge in [-0.15, -0.1) is 0 Å². The van der Waals surface area contributed by atoms with E-state index in [0.29, 0.717) is 5.65 Å². The third-order valence-electron chi connectivity index (χ3n) is 2.23. The summed E-state index contributed by atoms with van der Waals surface area (Å²) in [7, 11) is 0. The first kappa shape index (κ1) is 8.60. The maximum Gasteiger partial charge on any atom is 0.348 e. The number of fused-ring (bicyclic) bond motifs is 3. The normalized spacial score (nSPS) is 11.3. The molecule has 0 aliphatic carbocycles. The minimum atomic E-state index is -0.290. The molecule has 0 aliphatic heterocycles. The molecule has 0 saturated carbocycles. The molecule has 74 valence electrons. The van der Waals surface area contributed by atoms with Crippen LogP contribution in [0.1, 0.15) is 0 Å². The number of para-hydroxylation sites is 1. The van der Waals surface area contributed by atoms with E-state index in [1.807, 2.05) is 18.2 Å². The van der Waals surface area contributed by atoms with Crippen molar-refractivity contribution in [2.24, 2.45) is 0 Å². The predicted molar refractivity (Wildman–Crippen MR) is 58.8 cm³/mol. The highest BCUT2D eigenvalue weighted by molar-refractivity contribution is 9.10. The van der Waals surface area contributed by atoms with Crippen LogP contribution in [0.2, 0.25) is 0 Å². The maximum atomic E-state index is 11.6. The first-order valence-electron chi connectivity index (χ1n) is 4.27. The van der Waals surface area contributed by atoms with Crippen molar-refractivity contribution in [1.29, 1.82) is 0 Å². The molecule has 0 aliphatic rings. The minimum Gasteiger partial charge on any atom is -0.304 e. The molecule has 5 nitrogen and oxygen atoms in total. The van der Waals surface area contributed by atoms with Crippen molar-refractivity contribution in [2.75, 3.05) is 0 Å². The highest BCUT2D eigenvalue weighted by Crippen LogP contribution is 2.22. The van der Waals surface area contributed by atoms with Gasteiger partial charge >= 0.3 is 5.69 Å². The van der Waals surface area contributed by atoms with Crippen molar-refractivity contribution in [3.05, 3.63) is 39.5 Å². The molecule has 0 fully saturated rings. The third-order valence-corrected chi connectivity index (χ3v) is 2.89. The first-order valence-corrected chi connectivity index (χ1v) is 5.07. The van der Waals surface area contributed by atoms with Crippen molar-refractivity contribution in [3.8, 4) is 0 Å². The molecule has 0 bridgehead atoms. The molecule has 3 aromatic rings. The van der Waals surface area contributed by atoms with Crippen molar-refractivity contribution in [2.45, 2.75) is 0 Å². The van der Waals surface area contributed by atoms with Crippen molar-refractivity contribution in [3.63, 3.8) is 0 Å². The van der Waals surface area contributed by atoms with Gasteiger partial charge in [0.25, 0.3) is 0 Å². The lowest BCUT2D eigenvalue weighted by molar-refractivity contribution is 0.881. The summed E-state index contributed by atoms with van der Waals surface area (Å²) < 4.78 is 2.08. The maximum absolute atomic E-state index is 11.6. The van der Waals surface area contributed by atoms with Gasteiger partial charge in [0.15, 0.2) is 5.65 Å². The molecule has 6 heteroatoms. The number of aromatic amines is 1. The van der Waals surface area contributed by atoms with Crippen LogP contribution in [0.15, 0.2) is 33.8 Å². The van der Waals surface area contributed by atoms with E-state index >= 15 is 0 Å². The molecule has 2 aromatic heterocycles. The van der Waals surface area contributed by atoms with Gasteiger partial charge in [0.1, 0.15) is 6.33 Å². The molecule has 0 unspecified atom stereocenters. The lowest BCUT2D eigenvalue weighted by Crippen LogP contribution is -2.17. The second-order valence-corrected chi connectivity index (χ2v) is 3.94. The zero-order chi connectivity index (χ0) is 10.4. The summed E-state index contributed by atoms with van der Waals surface area (Å²) in [5.74, 6) is 0. The van der Waals surface area contributed by atoms with Crippen molar-refractivity contribution >= 4 is 32.5 Å². The Bertz CT molecular complexity index is 715. The van der Waals surface area contributed by atoms with E-state index in [0.717, 1.165) is 15.4 Å². The molecular formula is C9H5BrN4O. The fourth-order valence-electron chi connectivity index (χ4n) is 1.57. The molecule has 0 radical (unpaired) electrons. The van der Waals surface area contributed by atoms with E-state index in [-0.39, 0.29) is 5.69 Å². The van der Waals surface area contributed by atoms with Crippen molar-refractivity contribution < 1.29 is 0 Å². The Morgan fingerprint density at radius 3 is 3.13 bits per heavy atom. The second-order valence-electron chi connectivity index (χ2n) is 3.09. The number of nitrogens with zero attached hydrogens (tertiary/aromatic N) is 3. The van der Waals surface area contributed by atoms with Gasteiger partial charge in [-0.1, -0.05) is 6.07 Å². The van der Waals surface area contributed by atoms with Gasteiger partial charge in [-0.2, -0.15) is 9.61 Å². The largest absolute Gasteiger partial charge is 0.348 e. The van der Waals surface area contributed by atoms with Crippen LogP contribution in [-0.4, -0.2) is 19.6 Å². The highest BCUT2D eigenvalue weighted by Gasteiger charge is 2.07. The van der Waals surface area contributed by atoms with Gasteiger partial charge < -0.3 is 4.98 Å². The number of H-pyrrole nitrogens is 1.